The highest BCUT2D eigenvalue weighted by Crippen LogP contribution is 2.26. The number of carbonyl (C=O) groups is 1. The third kappa shape index (κ3) is 3.51. The highest BCUT2D eigenvalue weighted by atomic mass is 16.1. The van der Waals surface area contributed by atoms with E-state index in [0.717, 1.165) is 30.0 Å². The highest BCUT2D eigenvalue weighted by molar-refractivity contribution is 5.95. The van der Waals surface area contributed by atoms with E-state index in [1.807, 2.05) is 25.1 Å². The number of hydrogen-bond donors (Lipinski definition) is 3. The lowest BCUT2D eigenvalue weighted by Crippen LogP contribution is -2.38. The summed E-state index contributed by atoms with van der Waals surface area (Å²) < 4.78 is 0. The summed E-state index contributed by atoms with van der Waals surface area (Å²) in [6.45, 7) is 4.18. The largest absolute Gasteiger partial charge is 0.349 e. The minimum atomic E-state index is 0.0263. The second-order valence-electron chi connectivity index (χ2n) is 5.79. The van der Waals surface area contributed by atoms with Crippen LogP contribution < -0.4 is 16.6 Å². The molecule has 4 nitrogen and oxygen atoms in total. The molecule has 4 heteroatoms. The Hall–Kier alpha value is -1.55. The Morgan fingerprint density at radius 1 is 1.40 bits per heavy atom. The Balaban J connectivity index is 1.99. The fourth-order valence-electron chi connectivity index (χ4n) is 3.03. The zero-order chi connectivity index (χ0) is 14.5. The number of rotatable bonds is 4. The van der Waals surface area contributed by atoms with Gasteiger partial charge in [0.05, 0.1) is 5.69 Å². The zero-order valence-electron chi connectivity index (χ0n) is 12.4. The van der Waals surface area contributed by atoms with Crippen LogP contribution in [0.3, 0.4) is 0 Å². The van der Waals surface area contributed by atoms with Crippen molar-refractivity contribution in [2.45, 2.75) is 52.0 Å². The van der Waals surface area contributed by atoms with Crippen LogP contribution in [0.1, 0.15) is 54.9 Å². The van der Waals surface area contributed by atoms with E-state index in [9.17, 15) is 4.79 Å². The van der Waals surface area contributed by atoms with Gasteiger partial charge < -0.3 is 10.7 Å². The molecule has 1 aliphatic carbocycles. The van der Waals surface area contributed by atoms with Crippen LogP contribution >= 0.6 is 0 Å². The smallest absolute Gasteiger partial charge is 0.251 e. The molecular formula is C16H25N3O. The monoisotopic (exact) mass is 275 g/mol. The molecule has 0 heterocycles. The van der Waals surface area contributed by atoms with E-state index in [2.05, 4.69) is 17.7 Å². The molecule has 1 saturated carbocycles. The molecule has 0 radical (unpaired) electrons. The first-order valence-corrected chi connectivity index (χ1v) is 7.52. The standard InChI is InChI=1S/C16H25N3O/c1-3-12-5-4-6-14(10-12)18-16(20)13-7-8-15(19-17)11(2)9-13/h7-9,12,14,19H,3-6,10,17H2,1-2H3,(H,18,20). The summed E-state index contributed by atoms with van der Waals surface area (Å²) in [7, 11) is 0. The van der Waals surface area contributed by atoms with Gasteiger partial charge in [-0.05, 0) is 49.4 Å². The van der Waals surface area contributed by atoms with Gasteiger partial charge in [0.1, 0.15) is 0 Å². The molecule has 0 aliphatic heterocycles. The van der Waals surface area contributed by atoms with E-state index in [-0.39, 0.29) is 5.91 Å². The van der Waals surface area contributed by atoms with Gasteiger partial charge in [-0.25, -0.2) is 0 Å². The molecule has 1 aliphatic rings. The van der Waals surface area contributed by atoms with Crippen LogP contribution in [0.4, 0.5) is 5.69 Å². The maximum Gasteiger partial charge on any atom is 0.251 e. The Labute approximate surface area is 121 Å². The van der Waals surface area contributed by atoms with Crippen molar-refractivity contribution in [2.75, 3.05) is 5.43 Å². The van der Waals surface area contributed by atoms with Crippen molar-refractivity contribution in [2.24, 2.45) is 11.8 Å². The highest BCUT2D eigenvalue weighted by Gasteiger charge is 2.22. The summed E-state index contributed by atoms with van der Waals surface area (Å²) in [4.78, 5) is 12.3. The number of anilines is 1. The van der Waals surface area contributed by atoms with Gasteiger partial charge in [0, 0.05) is 11.6 Å². The van der Waals surface area contributed by atoms with E-state index in [0.29, 0.717) is 11.6 Å². The van der Waals surface area contributed by atoms with Crippen LogP contribution in [-0.2, 0) is 0 Å². The number of amides is 1. The summed E-state index contributed by atoms with van der Waals surface area (Å²) in [5.74, 6) is 6.20. The van der Waals surface area contributed by atoms with E-state index in [1.165, 1.54) is 19.3 Å². The van der Waals surface area contributed by atoms with Crippen molar-refractivity contribution < 1.29 is 4.79 Å². The molecule has 1 amide bonds. The summed E-state index contributed by atoms with van der Waals surface area (Å²) in [5, 5.41) is 3.17. The summed E-state index contributed by atoms with van der Waals surface area (Å²) in [5.41, 5.74) is 5.17. The normalized spacial score (nSPS) is 22.4. The molecule has 110 valence electrons. The number of nitrogens with one attached hydrogen (secondary N) is 2. The molecule has 4 N–H and O–H groups in total. The van der Waals surface area contributed by atoms with Gasteiger partial charge in [-0.1, -0.05) is 26.2 Å². The van der Waals surface area contributed by atoms with Crippen LogP contribution in [0.15, 0.2) is 18.2 Å². The summed E-state index contributed by atoms with van der Waals surface area (Å²) >= 11 is 0. The molecule has 0 saturated heterocycles. The quantitative estimate of drug-likeness (QED) is 0.584. The van der Waals surface area contributed by atoms with Crippen molar-refractivity contribution in [3.63, 3.8) is 0 Å². The number of hydrazine groups is 1. The Bertz CT molecular complexity index is 473. The second kappa shape index (κ2) is 6.75. The Morgan fingerprint density at radius 3 is 2.85 bits per heavy atom. The Kier molecular flexibility index (Phi) is 5.01. The Morgan fingerprint density at radius 2 is 2.20 bits per heavy atom. The van der Waals surface area contributed by atoms with E-state index in [4.69, 9.17) is 5.84 Å². The number of nitrogen functional groups attached to an aromatic ring is 1. The molecule has 0 spiro atoms. The average molecular weight is 275 g/mol. The van der Waals surface area contributed by atoms with E-state index >= 15 is 0 Å². The topological polar surface area (TPSA) is 67.2 Å². The predicted molar refractivity (Wildman–Crippen MR) is 82.5 cm³/mol. The van der Waals surface area contributed by atoms with E-state index in [1.54, 1.807) is 0 Å². The molecule has 2 atom stereocenters. The van der Waals surface area contributed by atoms with Crippen LogP contribution in [0, 0.1) is 12.8 Å². The maximum atomic E-state index is 12.3. The van der Waals surface area contributed by atoms with Gasteiger partial charge >= 0.3 is 0 Å². The lowest BCUT2D eigenvalue weighted by Gasteiger charge is -2.29. The molecule has 0 bridgehead atoms. The van der Waals surface area contributed by atoms with Crippen molar-refractivity contribution in [1.29, 1.82) is 0 Å². The third-order valence-electron chi connectivity index (χ3n) is 4.34. The number of benzene rings is 1. The van der Waals surface area contributed by atoms with Gasteiger partial charge in [-0.3, -0.25) is 10.6 Å². The lowest BCUT2D eigenvalue weighted by molar-refractivity contribution is 0.0919. The lowest BCUT2D eigenvalue weighted by atomic mass is 9.84. The van der Waals surface area contributed by atoms with Crippen LogP contribution in [0.2, 0.25) is 0 Å². The van der Waals surface area contributed by atoms with Crippen molar-refractivity contribution in [1.82, 2.24) is 5.32 Å². The number of nitrogens with two attached hydrogens (primary N) is 1. The number of aryl methyl sites for hydroxylation is 1. The van der Waals surface area contributed by atoms with Gasteiger partial charge in [0.25, 0.3) is 5.91 Å². The number of carbonyl (C=O) groups excluding carboxylic acids is 1. The molecule has 1 aromatic rings. The molecule has 2 rings (SSSR count). The van der Waals surface area contributed by atoms with Gasteiger partial charge in [0.15, 0.2) is 0 Å². The molecule has 1 aromatic carbocycles. The molecule has 0 aromatic heterocycles. The first-order valence-electron chi connectivity index (χ1n) is 7.52. The van der Waals surface area contributed by atoms with E-state index < -0.39 is 0 Å². The first-order chi connectivity index (χ1) is 9.63. The minimum Gasteiger partial charge on any atom is -0.349 e. The van der Waals surface area contributed by atoms with Crippen molar-refractivity contribution in [3.8, 4) is 0 Å². The number of hydrogen-bond acceptors (Lipinski definition) is 3. The SMILES string of the molecule is CCC1CCCC(NC(=O)c2ccc(NN)c(C)c2)C1. The average Bonchev–Trinajstić information content (AvgIpc) is 2.47. The van der Waals surface area contributed by atoms with Crippen molar-refractivity contribution in [3.05, 3.63) is 29.3 Å². The fraction of sp³-hybridized carbons (Fsp3) is 0.562. The van der Waals surface area contributed by atoms with Crippen LogP contribution in [-0.4, -0.2) is 11.9 Å². The molecule has 20 heavy (non-hydrogen) atoms. The summed E-state index contributed by atoms with van der Waals surface area (Å²) in [6, 6.07) is 5.87. The van der Waals surface area contributed by atoms with Gasteiger partial charge in [-0.15, -0.1) is 0 Å². The molecule has 1 fully saturated rings. The maximum absolute atomic E-state index is 12.3. The zero-order valence-corrected chi connectivity index (χ0v) is 12.4. The third-order valence-corrected chi connectivity index (χ3v) is 4.34. The van der Waals surface area contributed by atoms with Crippen molar-refractivity contribution >= 4 is 11.6 Å². The van der Waals surface area contributed by atoms with Crippen LogP contribution in [0.25, 0.3) is 0 Å². The van der Waals surface area contributed by atoms with Gasteiger partial charge in [-0.2, -0.15) is 0 Å². The molecule has 2 unspecified atom stereocenters. The molecular weight excluding hydrogens is 250 g/mol. The fourth-order valence-corrected chi connectivity index (χ4v) is 3.03. The van der Waals surface area contributed by atoms with Gasteiger partial charge in [0.2, 0.25) is 0 Å². The summed E-state index contributed by atoms with van der Waals surface area (Å²) in [6.07, 6.45) is 5.95. The van der Waals surface area contributed by atoms with Crippen LogP contribution in [0.5, 0.6) is 0 Å². The first kappa shape index (κ1) is 14.9. The second-order valence-corrected chi connectivity index (χ2v) is 5.79. The predicted octanol–water partition coefficient (Wildman–Crippen LogP) is 2.98. The minimum absolute atomic E-state index is 0.0263.